The number of fused-ring (bicyclic) bond motifs is 1. The first kappa shape index (κ1) is 24.7. The molecule has 0 radical (unpaired) electrons. The van der Waals surface area contributed by atoms with Gasteiger partial charge in [-0.2, -0.15) is 0 Å². The standard InChI is InChI=1S/C25H35N7O3/c1-32(2)16-23(34)30-19(6-4-3-5-7-22(33)25-28-12-13-35-25)24-29-15-21(31-24)17-8-9-18-20(14-17)27-11-10-26-18/h9-15,17,19,24-25,28-29,31H,3-8,16H2,1-2H3,(H,30,34)/t17?,19-,24?,25?/m0/s1. The lowest BCUT2D eigenvalue weighted by Crippen LogP contribution is -2.54. The van der Waals surface area contributed by atoms with Gasteiger partial charge in [0.15, 0.2) is 5.78 Å². The molecule has 3 unspecified atom stereocenters. The van der Waals surface area contributed by atoms with Crippen molar-refractivity contribution in [3.05, 3.63) is 47.5 Å². The number of amides is 1. The Hall–Kier alpha value is -3.40. The summed E-state index contributed by atoms with van der Waals surface area (Å²) in [7, 11) is 3.76. The molecule has 3 aliphatic rings. The van der Waals surface area contributed by atoms with Crippen LogP contribution in [0.3, 0.4) is 0 Å². The Morgan fingerprint density at radius 2 is 2.00 bits per heavy atom. The number of nitrogens with one attached hydrogen (secondary N) is 4. The fourth-order valence-corrected chi connectivity index (χ4v) is 4.52. The molecule has 1 amide bonds. The van der Waals surface area contributed by atoms with E-state index in [9.17, 15) is 9.59 Å². The van der Waals surface area contributed by atoms with Crippen LogP contribution in [0.15, 0.2) is 36.8 Å². The molecule has 0 saturated heterocycles. The summed E-state index contributed by atoms with van der Waals surface area (Å²) >= 11 is 0. The second kappa shape index (κ2) is 11.8. The number of Topliss-reactive ketones (excluding diaryl/α,β-unsaturated/α-hetero) is 1. The van der Waals surface area contributed by atoms with Crippen molar-refractivity contribution >= 4 is 23.8 Å². The van der Waals surface area contributed by atoms with Crippen molar-refractivity contribution in [2.75, 3.05) is 20.6 Å². The Balaban J connectivity index is 1.29. The van der Waals surface area contributed by atoms with E-state index in [0.29, 0.717) is 13.0 Å². The molecule has 0 aromatic carbocycles. The van der Waals surface area contributed by atoms with Crippen LogP contribution in [0.1, 0.15) is 38.5 Å². The number of likely N-dealkylation sites (N-methyl/N-ethyl adjacent to an activating group) is 1. The lowest BCUT2D eigenvalue weighted by Gasteiger charge is -2.28. The fourth-order valence-electron chi connectivity index (χ4n) is 4.52. The number of nitrogens with zero attached hydrogens (tertiary/aromatic N) is 3. The number of hydrogen-bond acceptors (Lipinski definition) is 9. The highest BCUT2D eigenvalue weighted by Crippen LogP contribution is 2.21. The number of ether oxygens (including phenoxy) is 1. The van der Waals surface area contributed by atoms with Gasteiger partial charge in [-0.25, -0.2) is 0 Å². The predicted octanol–water partition coefficient (Wildman–Crippen LogP) is -0.599. The van der Waals surface area contributed by atoms with Gasteiger partial charge < -0.3 is 30.9 Å². The van der Waals surface area contributed by atoms with Crippen molar-refractivity contribution in [1.29, 1.82) is 0 Å². The quantitative estimate of drug-likeness (QED) is 0.290. The molecule has 4 atom stereocenters. The zero-order chi connectivity index (χ0) is 24.6. The van der Waals surface area contributed by atoms with Gasteiger partial charge in [0.1, 0.15) is 12.4 Å². The van der Waals surface area contributed by atoms with Gasteiger partial charge in [0, 0.05) is 42.8 Å². The monoisotopic (exact) mass is 481 g/mol. The largest absolute Gasteiger partial charge is 0.469 e. The third-order valence-electron chi connectivity index (χ3n) is 6.29. The second-order valence-electron chi connectivity index (χ2n) is 9.39. The molecular weight excluding hydrogens is 446 g/mol. The molecule has 3 heterocycles. The van der Waals surface area contributed by atoms with Crippen molar-refractivity contribution in [1.82, 2.24) is 36.1 Å². The Kier molecular flexibility index (Phi) is 8.36. The van der Waals surface area contributed by atoms with Gasteiger partial charge in [-0.1, -0.05) is 18.9 Å². The molecule has 0 saturated carbocycles. The van der Waals surface area contributed by atoms with Crippen LogP contribution in [-0.2, 0) is 14.3 Å². The fraction of sp³-hybridized carbons (Fsp3) is 0.520. The molecule has 10 heteroatoms. The van der Waals surface area contributed by atoms with Crippen molar-refractivity contribution in [3.8, 4) is 0 Å². The highest BCUT2D eigenvalue weighted by Gasteiger charge is 2.29. The lowest BCUT2D eigenvalue weighted by atomic mass is 9.97. The lowest BCUT2D eigenvalue weighted by molar-refractivity contribution is -0.127. The van der Waals surface area contributed by atoms with E-state index >= 15 is 0 Å². The highest BCUT2D eigenvalue weighted by molar-refractivity contribution is 5.83. The zero-order valence-corrected chi connectivity index (χ0v) is 20.4. The summed E-state index contributed by atoms with van der Waals surface area (Å²) in [5, 5.41) is 14.9. The van der Waals surface area contributed by atoms with Crippen LogP contribution < -0.4 is 32.0 Å². The highest BCUT2D eigenvalue weighted by atomic mass is 16.5. The van der Waals surface area contributed by atoms with Gasteiger partial charge >= 0.3 is 0 Å². The van der Waals surface area contributed by atoms with E-state index in [1.165, 1.54) is 6.26 Å². The Morgan fingerprint density at radius 1 is 1.17 bits per heavy atom. The number of unbranched alkanes of at least 4 members (excludes halogenated alkanes) is 2. The minimum Gasteiger partial charge on any atom is -0.469 e. The molecule has 1 aromatic heterocycles. The van der Waals surface area contributed by atoms with Crippen LogP contribution in [-0.4, -0.2) is 65.6 Å². The molecule has 1 aromatic rings. The maximum atomic E-state index is 12.5. The van der Waals surface area contributed by atoms with E-state index in [2.05, 4.69) is 43.4 Å². The molecule has 35 heavy (non-hydrogen) atoms. The first-order valence-corrected chi connectivity index (χ1v) is 12.2. The van der Waals surface area contributed by atoms with E-state index in [-0.39, 0.29) is 29.8 Å². The SMILES string of the molecule is CN(C)CC(=O)N[C@@H](CCCCCC(=O)C1NC=CO1)C1NC=C(C2C=c3nccnc3=CC2)N1. The molecule has 188 valence electrons. The molecule has 10 nitrogen and oxygen atoms in total. The Morgan fingerprint density at radius 3 is 2.77 bits per heavy atom. The number of allylic oxidation sites excluding steroid dienone is 1. The van der Waals surface area contributed by atoms with E-state index in [1.54, 1.807) is 18.6 Å². The van der Waals surface area contributed by atoms with Gasteiger partial charge in [0.25, 0.3) is 0 Å². The van der Waals surface area contributed by atoms with Gasteiger partial charge in [0.2, 0.25) is 12.1 Å². The van der Waals surface area contributed by atoms with Gasteiger partial charge in [-0.3, -0.25) is 19.6 Å². The van der Waals surface area contributed by atoms with Gasteiger partial charge in [-0.05, 0) is 39.4 Å². The van der Waals surface area contributed by atoms with E-state index < -0.39 is 6.23 Å². The Labute approximate surface area is 205 Å². The average Bonchev–Trinajstić information content (AvgIpc) is 3.55. The maximum Gasteiger partial charge on any atom is 0.234 e. The van der Waals surface area contributed by atoms with Gasteiger partial charge in [0.05, 0.1) is 23.3 Å². The minimum atomic E-state index is -0.545. The van der Waals surface area contributed by atoms with Crippen LogP contribution in [0.5, 0.6) is 0 Å². The summed E-state index contributed by atoms with van der Waals surface area (Å²) in [4.78, 5) is 35.3. The van der Waals surface area contributed by atoms with E-state index in [4.69, 9.17) is 4.74 Å². The third-order valence-corrected chi connectivity index (χ3v) is 6.29. The molecule has 0 bridgehead atoms. The number of rotatable bonds is 12. The van der Waals surface area contributed by atoms with Crippen LogP contribution in [0.4, 0.5) is 0 Å². The first-order valence-electron chi connectivity index (χ1n) is 12.2. The van der Waals surface area contributed by atoms with Gasteiger partial charge in [-0.15, -0.1) is 0 Å². The van der Waals surface area contributed by atoms with Crippen LogP contribution >= 0.6 is 0 Å². The molecule has 4 rings (SSSR count). The summed E-state index contributed by atoms with van der Waals surface area (Å²) in [6, 6.07) is -0.0874. The number of hydrogen-bond donors (Lipinski definition) is 4. The number of ketones is 1. The summed E-state index contributed by atoms with van der Waals surface area (Å²) in [5.74, 6) is 0.235. The molecular formula is C25H35N7O3. The summed E-state index contributed by atoms with van der Waals surface area (Å²) in [6.45, 7) is 0.335. The number of aromatic nitrogens is 2. The third kappa shape index (κ3) is 6.82. The smallest absolute Gasteiger partial charge is 0.234 e. The summed E-state index contributed by atoms with van der Waals surface area (Å²) in [6.07, 6.45) is 16.9. The normalized spacial score (nSPS) is 22.9. The molecule has 1 aliphatic carbocycles. The van der Waals surface area contributed by atoms with Crippen LogP contribution in [0.2, 0.25) is 0 Å². The minimum absolute atomic E-state index is 0.00838. The van der Waals surface area contributed by atoms with Crippen molar-refractivity contribution in [2.24, 2.45) is 5.92 Å². The molecule has 0 fully saturated rings. The zero-order valence-electron chi connectivity index (χ0n) is 20.4. The van der Waals surface area contributed by atoms with Crippen molar-refractivity contribution < 1.29 is 14.3 Å². The van der Waals surface area contributed by atoms with Crippen LogP contribution in [0.25, 0.3) is 12.2 Å². The van der Waals surface area contributed by atoms with Crippen LogP contribution in [0, 0.1) is 5.92 Å². The second-order valence-corrected chi connectivity index (χ2v) is 9.39. The number of carbonyl (C=O) groups excluding carboxylic acids is 2. The maximum absolute atomic E-state index is 12.5. The average molecular weight is 482 g/mol. The number of carbonyl (C=O) groups is 2. The molecule has 2 aliphatic heterocycles. The van der Waals surface area contributed by atoms with Crippen molar-refractivity contribution in [2.45, 2.75) is 57.0 Å². The predicted molar refractivity (Wildman–Crippen MR) is 132 cm³/mol. The molecule has 4 N–H and O–H groups in total. The first-order chi connectivity index (χ1) is 17.0. The topological polar surface area (TPSA) is 121 Å². The molecule has 0 spiro atoms. The summed E-state index contributed by atoms with van der Waals surface area (Å²) in [5.41, 5.74) is 1.08. The summed E-state index contributed by atoms with van der Waals surface area (Å²) < 4.78 is 5.21. The van der Waals surface area contributed by atoms with E-state index in [1.807, 2.05) is 25.2 Å². The van der Waals surface area contributed by atoms with E-state index in [0.717, 1.165) is 48.5 Å². The Bertz CT molecular complexity index is 1080. The van der Waals surface area contributed by atoms with Crippen molar-refractivity contribution in [3.63, 3.8) is 0 Å².